The van der Waals surface area contributed by atoms with E-state index in [0.717, 1.165) is 11.1 Å². The molecule has 0 aromatic heterocycles. The molecule has 0 amide bonds. The lowest BCUT2D eigenvalue weighted by molar-refractivity contribution is 0.0669. The van der Waals surface area contributed by atoms with Crippen molar-refractivity contribution >= 4 is 23.1 Å². The first-order chi connectivity index (χ1) is 14.5. The molecule has 0 saturated heterocycles. The topological polar surface area (TPSA) is 68.3 Å². The van der Waals surface area contributed by atoms with Crippen LogP contribution in [0.25, 0.3) is 0 Å². The summed E-state index contributed by atoms with van der Waals surface area (Å²) in [5.41, 5.74) is 4.36. The van der Waals surface area contributed by atoms with Crippen LogP contribution in [0.2, 0.25) is 0 Å². The highest BCUT2D eigenvalue weighted by Gasteiger charge is 2.49. The number of ketones is 4. The number of hydrogen-bond donors (Lipinski definition) is 0. The van der Waals surface area contributed by atoms with E-state index in [1.807, 2.05) is 0 Å². The van der Waals surface area contributed by atoms with Gasteiger partial charge in [-0.2, -0.15) is 0 Å². The van der Waals surface area contributed by atoms with Gasteiger partial charge in [-0.15, -0.1) is 0 Å². The largest absolute Gasteiger partial charge is 0.294 e. The first kappa shape index (κ1) is 17.7. The van der Waals surface area contributed by atoms with E-state index in [4.69, 9.17) is 0 Å². The zero-order valence-electron chi connectivity index (χ0n) is 16.4. The molecule has 2 aromatic carbocycles. The number of carbonyl (C=O) groups is 4. The predicted molar refractivity (Wildman–Crippen MR) is 110 cm³/mol. The molecule has 0 fully saturated rings. The van der Waals surface area contributed by atoms with Crippen molar-refractivity contribution in [1.29, 1.82) is 0 Å². The van der Waals surface area contributed by atoms with Gasteiger partial charge in [-0.1, -0.05) is 59.7 Å². The van der Waals surface area contributed by atoms with Gasteiger partial charge in [-0.25, -0.2) is 0 Å². The first-order valence-corrected chi connectivity index (χ1v) is 10.6. The molecule has 4 heteroatoms. The first-order valence-electron chi connectivity index (χ1n) is 10.6. The molecule has 0 radical (unpaired) electrons. The summed E-state index contributed by atoms with van der Waals surface area (Å²) >= 11 is 0. The zero-order valence-corrected chi connectivity index (χ0v) is 16.4. The standard InChI is InChI=1S/C26H20O4/c27-23-15-5-1-2-6-16(15)24(28)20-10-14-12-22-21(11-13(14)9-19(20)23)25(29)17-7-3-4-8-18(17)26(22)30/h1-8,19-22H,9-12H2. The average Bonchev–Trinajstić information content (AvgIpc) is 2.79. The van der Waals surface area contributed by atoms with E-state index in [0.29, 0.717) is 47.9 Å². The van der Waals surface area contributed by atoms with Gasteiger partial charge in [0.15, 0.2) is 23.1 Å². The molecular formula is C26H20O4. The van der Waals surface area contributed by atoms with Crippen LogP contribution < -0.4 is 0 Å². The lowest BCUT2D eigenvalue weighted by Gasteiger charge is -2.43. The fraction of sp³-hybridized carbons (Fsp3) is 0.308. The van der Waals surface area contributed by atoms with Crippen molar-refractivity contribution in [3.63, 3.8) is 0 Å². The van der Waals surface area contributed by atoms with Crippen molar-refractivity contribution in [2.45, 2.75) is 25.7 Å². The smallest absolute Gasteiger partial charge is 0.167 e. The van der Waals surface area contributed by atoms with Crippen molar-refractivity contribution in [2.75, 3.05) is 0 Å². The van der Waals surface area contributed by atoms with Crippen molar-refractivity contribution in [1.82, 2.24) is 0 Å². The molecule has 148 valence electrons. The Labute approximate surface area is 174 Å². The van der Waals surface area contributed by atoms with Gasteiger partial charge < -0.3 is 0 Å². The van der Waals surface area contributed by atoms with Crippen LogP contribution in [-0.2, 0) is 0 Å². The minimum atomic E-state index is -0.343. The van der Waals surface area contributed by atoms with Crippen molar-refractivity contribution < 1.29 is 19.2 Å². The SMILES string of the molecule is O=C1c2ccccc2C(=O)C2CC3=C(CC12)CC1C(=O)c2ccccc2C(=O)C1C3. The van der Waals surface area contributed by atoms with Crippen molar-refractivity contribution in [2.24, 2.45) is 23.7 Å². The highest BCUT2D eigenvalue weighted by atomic mass is 16.1. The minimum Gasteiger partial charge on any atom is -0.294 e. The number of rotatable bonds is 0. The number of hydrogen-bond acceptors (Lipinski definition) is 4. The van der Waals surface area contributed by atoms with Crippen LogP contribution in [0.1, 0.15) is 67.1 Å². The lowest BCUT2D eigenvalue weighted by Crippen LogP contribution is -2.44. The van der Waals surface area contributed by atoms with Gasteiger partial charge in [0.2, 0.25) is 0 Å². The third-order valence-electron chi connectivity index (χ3n) is 7.60. The minimum absolute atomic E-state index is 0.0419. The molecule has 4 nitrogen and oxygen atoms in total. The third kappa shape index (κ3) is 2.28. The third-order valence-corrected chi connectivity index (χ3v) is 7.60. The summed E-state index contributed by atoms with van der Waals surface area (Å²) in [5, 5.41) is 0. The van der Waals surface area contributed by atoms with Gasteiger partial charge in [-0.3, -0.25) is 19.2 Å². The van der Waals surface area contributed by atoms with Gasteiger partial charge in [0.25, 0.3) is 0 Å². The normalized spacial score (nSPS) is 29.6. The summed E-state index contributed by atoms with van der Waals surface area (Å²) in [4.78, 5) is 52.6. The molecule has 4 unspecified atom stereocenters. The van der Waals surface area contributed by atoms with Crippen LogP contribution in [0.3, 0.4) is 0 Å². The monoisotopic (exact) mass is 396 g/mol. The molecule has 6 rings (SSSR count). The van der Waals surface area contributed by atoms with Gasteiger partial charge >= 0.3 is 0 Å². The summed E-state index contributed by atoms with van der Waals surface area (Å²) in [6.07, 6.45) is 2.13. The molecule has 0 heterocycles. The maximum Gasteiger partial charge on any atom is 0.167 e. The summed E-state index contributed by atoms with van der Waals surface area (Å²) in [7, 11) is 0. The number of Topliss-reactive ketones (excluding diaryl/α,β-unsaturated/α-hetero) is 4. The summed E-state index contributed by atoms with van der Waals surface area (Å²) in [6, 6.07) is 14.2. The molecule has 4 aliphatic rings. The maximum atomic E-state index is 13.1. The Bertz CT molecular complexity index is 1020. The van der Waals surface area contributed by atoms with E-state index in [2.05, 4.69) is 0 Å². The van der Waals surface area contributed by atoms with E-state index in [1.165, 1.54) is 0 Å². The molecule has 30 heavy (non-hydrogen) atoms. The fourth-order valence-corrected chi connectivity index (χ4v) is 6.10. The van der Waals surface area contributed by atoms with Crippen LogP contribution in [0.15, 0.2) is 59.7 Å². The van der Waals surface area contributed by atoms with E-state index in [1.54, 1.807) is 48.5 Å². The highest BCUT2D eigenvalue weighted by molar-refractivity contribution is 6.17. The van der Waals surface area contributed by atoms with Gasteiger partial charge in [0.05, 0.1) is 0 Å². The molecular weight excluding hydrogens is 376 g/mol. The second kappa shape index (κ2) is 6.18. The number of fused-ring (bicyclic) bond motifs is 4. The molecule has 4 aliphatic carbocycles. The van der Waals surface area contributed by atoms with Crippen molar-refractivity contribution in [3.8, 4) is 0 Å². The van der Waals surface area contributed by atoms with Crippen LogP contribution >= 0.6 is 0 Å². The lowest BCUT2D eigenvalue weighted by atomic mass is 9.58. The second-order valence-electron chi connectivity index (χ2n) is 9.00. The Morgan fingerprint density at radius 2 is 0.667 bits per heavy atom. The van der Waals surface area contributed by atoms with Gasteiger partial charge in [0.1, 0.15) is 0 Å². The van der Waals surface area contributed by atoms with Crippen LogP contribution in [-0.4, -0.2) is 23.1 Å². The zero-order chi connectivity index (χ0) is 20.6. The van der Waals surface area contributed by atoms with Crippen LogP contribution in [0.4, 0.5) is 0 Å². The predicted octanol–water partition coefficient (Wildman–Crippen LogP) is 4.49. The molecule has 4 atom stereocenters. The van der Waals surface area contributed by atoms with E-state index >= 15 is 0 Å². The second-order valence-corrected chi connectivity index (χ2v) is 9.00. The molecule has 0 aliphatic heterocycles. The quantitative estimate of drug-likeness (QED) is 0.615. The number of benzene rings is 2. The van der Waals surface area contributed by atoms with E-state index in [9.17, 15) is 19.2 Å². The molecule has 0 saturated carbocycles. The molecule has 0 spiro atoms. The van der Waals surface area contributed by atoms with Gasteiger partial charge in [0, 0.05) is 45.9 Å². The van der Waals surface area contributed by atoms with E-state index in [-0.39, 0.29) is 46.8 Å². The van der Waals surface area contributed by atoms with Gasteiger partial charge in [-0.05, 0) is 25.7 Å². The van der Waals surface area contributed by atoms with Crippen LogP contribution in [0.5, 0.6) is 0 Å². The summed E-state index contributed by atoms with van der Waals surface area (Å²) in [6.45, 7) is 0. The summed E-state index contributed by atoms with van der Waals surface area (Å²) in [5.74, 6) is -1.21. The molecule has 2 aromatic rings. The average molecular weight is 396 g/mol. The van der Waals surface area contributed by atoms with Crippen LogP contribution in [0, 0.1) is 23.7 Å². The Morgan fingerprint density at radius 1 is 0.433 bits per heavy atom. The fourth-order valence-electron chi connectivity index (χ4n) is 6.10. The van der Waals surface area contributed by atoms with Crippen molar-refractivity contribution in [3.05, 3.63) is 81.9 Å². The number of allylic oxidation sites excluding steroid dienone is 2. The van der Waals surface area contributed by atoms with E-state index < -0.39 is 0 Å². The maximum absolute atomic E-state index is 13.1. The molecule has 0 N–H and O–H groups in total. The Hall–Kier alpha value is -3.14. The summed E-state index contributed by atoms with van der Waals surface area (Å²) < 4.78 is 0. The highest BCUT2D eigenvalue weighted by Crippen LogP contribution is 2.50. The Morgan fingerprint density at radius 3 is 0.900 bits per heavy atom. The Balaban J connectivity index is 1.37. The number of carbonyl (C=O) groups excluding carboxylic acids is 4. The molecule has 0 bridgehead atoms. The Kier molecular flexibility index (Phi) is 3.64.